The molecule has 0 aliphatic carbocycles. The average molecular weight is 336 g/mol. The predicted octanol–water partition coefficient (Wildman–Crippen LogP) is 2.25. The van der Waals surface area contributed by atoms with Crippen molar-refractivity contribution in [2.45, 2.75) is 20.4 Å². The van der Waals surface area contributed by atoms with Crippen LogP contribution in [0.1, 0.15) is 27.3 Å². The zero-order valence-electron chi connectivity index (χ0n) is 14.4. The van der Waals surface area contributed by atoms with Gasteiger partial charge in [-0.2, -0.15) is 5.10 Å². The van der Waals surface area contributed by atoms with E-state index in [2.05, 4.69) is 25.7 Å². The number of amides is 1. The lowest BCUT2D eigenvalue weighted by molar-refractivity contribution is 0.0963. The Morgan fingerprint density at radius 1 is 1.20 bits per heavy atom. The molecule has 25 heavy (non-hydrogen) atoms. The van der Waals surface area contributed by atoms with E-state index in [1.54, 1.807) is 31.6 Å². The predicted molar refractivity (Wildman–Crippen MR) is 95.8 cm³/mol. The minimum atomic E-state index is -0.173. The van der Waals surface area contributed by atoms with Gasteiger partial charge in [0.2, 0.25) is 0 Å². The molecular weight excluding hydrogens is 316 g/mol. The highest BCUT2D eigenvalue weighted by Gasteiger charge is 2.10. The number of anilines is 1. The van der Waals surface area contributed by atoms with Gasteiger partial charge in [0.25, 0.3) is 5.91 Å². The van der Waals surface area contributed by atoms with Crippen LogP contribution in [0.3, 0.4) is 0 Å². The van der Waals surface area contributed by atoms with E-state index in [1.165, 1.54) is 0 Å². The van der Waals surface area contributed by atoms with Gasteiger partial charge in [-0.3, -0.25) is 4.79 Å². The van der Waals surface area contributed by atoms with Crippen molar-refractivity contribution in [3.63, 3.8) is 0 Å². The van der Waals surface area contributed by atoms with Gasteiger partial charge in [-0.15, -0.1) is 0 Å². The Kier molecular flexibility index (Phi) is 4.74. The molecular formula is C18H20N6O. The highest BCUT2D eigenvalue weighted by molar-refractivity contribution is 5.98. The van der Waals surface area contributed by atoms with Gasteiger partial charge in [0.15, 0.2) is 5.82 Å². The Labute approximate surface area is 146 Å². The molecule has 128 valence electrons. The number of aromatic nitrogens is 4. The third kappa shape index (κ3) is 3.65. The van der Waals surface area contributed by atoms with Crippen molar-refractivity contribution in [2.75, 3.05) is 12.4 Å². The van der Waals surface area contributed by atoms with E-state index in [0.29, 0.717) is 17.9 Å². The van der Waals surface area contributed by atoms with E-state index in [1.807, 2.05) is 36.7 Å². The monoisotopic (exact) mass is 336 g/mol. The average Bonchev–Trinajstić information content (AvgIpc) is 2.98. The Morgan fingerprint density at radius 2 is 2.04 bits per heavy atom. The molecule has 0 aliphatic rings. The summed E-state index contributed by atoms with van der Waals surface area (Å²) in [4.78, 5) is 20.6. The maximum Gasteiger partial charge on any atom is 0.254 e. The molecule has 3 rings (SSSR count). The van der Waals surface area contributed by atoms with Crippen molar-refractivity contribution < 1.29 is 4.79 Å². The van der Waals surface area contributed by atoms with Gasteiger partial charge in [0, 0.05) is 31.7 Å². The highest BCUT2D eigenvalue weighted by atomic mass is 16.1. The first-order valence-electron chi connectivity index (χ1n) is 7.98. The fraction of sp³-hybridized carbons (Fsp3) is 0.222. The van der Waals surface area contributed by atoms with Crippen LogP contribution in [0.5, 0.6) is 0 Å². The smallest absolute Gasteiger partial charge is 0.254 e. The molecule has 3 aromatic rings. The second-order valence-corrected chi connectivity index (χ2v) is 5.70. The summed E-state index contributed by atoms with van der Waals surface area (Å²) in [5, 5.41) is 10.2. The van der Waals surface area contributed by atoms with Crippen molar-refractivity contribution in [1.82, 2.24) is 25.1 Å². The third-order valence-electron chi connectivity index (χ3n) is 3.78. The van der Waals surface area contributed by atoms with Crippen molar-refractivity contribution in [3.05, 3.63) is 65.2 Å². The van der Waals surface area contributed by atoms with Gasteiger partial charge >= 0.3 is 0 Å². The minimum Gasteiger partial charge on any atom is -0.365 e. The molecule has 3 heterocycles. The van der Waals surface area contributed by atoms with Crippen LogP contribution < -0.4 is 10.6 Å². The number of hydrogen-bond donors (Lipinski definition) is 2. The topological polar surface area (TPSA) is 84.7 Å². The van der Waals surface area contributed by atoms with E-state index in [0.717, 1.165) is 22.8 Å². The molecule has 0 fully saturated rings. The third-order valence-corrected chi connectivity index (χ3v) is 3.78. The standard InChI is InChI=1S/C18H20N6O/c1-12-9-13(2)24(23-12)16-7-6-14(10-21-16)11-22-17-15(18(25)19-3)5-4-8-20-17/h4-10H,11H2,1-3H3,(H,19,25)(H,20,22). The van der Waals surface area contributed by atoms with E-state index in [9.17, 15) is 4.79 Å². The fourth-order valence-electron chi connectivity index (χ4n) is 2.56. The Bertz CT molecular complexity index is 885. The van der Waals surface area contributed by atoms with Crippen LogP contribution in [0.4, 0.5) is 5.82 Å². The van der Waals surface area contributed by atoms with Gasteiger partial charge in [-0.25, -0.2) is 14.6 Å². The summed E-state index contributed by atoms with van der Waals surface area (Å²) in [5.74, 6) is 1.15. The SMILES string of the molecule is CNC(=O)c1cccnc1NCc1ccc(-n2nc(C)cc2C)nc1. The number of pyridine rings is 2. The van der Waals surface area contributed by atoms with Gasteiger partial charge in [-0.05, 0) is 43.7 Å². The molecule has 0 aromatic carbocycles. The van der Waals surface area contributed by atoms with Crippen LogP contribution in [0.25, 0.3) is 5.82 Å². The summed E-state index contributed by atoms with van der Waals surface area (Å²) >= 11 is 0. The van der Waals surface area contributed by atoms with Crippen molar-refractivity contribution >= 4 is 11.7 Å². The zero-order chi connectivity index (χ0) is 17.8. The Balaban J connectivity index is 1.73. The lowest BCUT2D eigenvalue weighted by Crippen LogP contribution is -2.20. The van der Waals surface area contributed by atoms with Crippen molar-refractivity contribution in [3.8, 4) is 5.82 Å². The molecule has 2 N–H and O–H groups in total. The minimum absolute atomic E-state index is 0.173. The molecule has 3 aromatic heterocycles. The first kappa shape index (κ1) is 16.6. The summed E-state index contributed by atoms with van der Waals surface area (Å²) in [5.41, 5.74) is 3.50. The molecule has 7 heteroatoms. The first-order chi connectivity index (χ1) is 12.1. The molecule has 0 atom stereocenters. The lowest BCUT2D eigenvalue weighted by atomic mass is 10.2. The quantitative estimate of drug-likeness (QED) is 0.746. The largest absolute Gasteiger partial charge is 0.365 e. The molecule has 0 radical (unpaired) electrons. The molecule has 0 unspecified atom stereocenters. The summed E-state index contributed by atoms with van der Waals surface area (Å²) in [6, 6.07) is 9.39. The molecule has 0 saturated heterocycles. The van der Waals surface area contributed by atoms with Gasteiger partial charge in [0.05, 0.1) is 11.3 Å². The second-order valence-electron chi connectivity index (χ2n) is 5.70. The van der Waals surface area contributed by atoms with Crippen molar-refractivity contribution in [2.24, 2.45) is 0 Å². The second kappa shape index (κ2) is 7.12. The number of aryl methyl sites for hydroxylation is 2. The first-order valence-corrected chi connectivity index (χ1v) is 7.98. The van der Waals surface area contributed by atoms with E-state index >= 15 is 0 Å². The molecule has 7 nitrogen and oxygen atoms in total. The molecule has 0 spiro atoms. The zero-order valence-corrected chi connectivity index (χ0v) is 14.4. The number of carbonyl (C=O) groups is 1. The van der Waals surface area contributed by atoms with Crippen LogP contribution in [-0.2, 0) is 6.54 Å². The van der Waals surface area contributed by atoms with E-state index in [4.69, 9.17) is 0 Å². The van der Waals surface area contributed by atoms with Crippen LogP contribution in [0.2, 0.25) is 0 Å². The highest BCUT2D eigenvalue weighted by Crippen LogP contribution is 2.14. The van der Waals surface area contributed by atoms with E-state index < -0.39 is 0 Å². The van der Waals surface area contributed by atoms with Crippen LogP contribution >= 0.6 is 0 Å². The van der Waals surface area contributed by atoms with Crippen LogP contribution in [0, 0.1) is 13.8 Å². The number of nitrogens with zero attached hydrogens (tertiary/aromatic N) is 4. The summed E-state index contributed by atoms with van der Waals surface area (Å²) in [6.45, 7) is 4.47. The van der Waals surface area contributed by atoms with E-state index in [-0.39, 0.29) is 5.91 Å². The number of nitrogens with one attached hydrogen (secondary N) is 2. The Hall–Kier alpha value is -3.22. The summed E-state index contributed by atoms with van der Waals surface area (Å²) < 4.78 is 1.81. The molecule has 1 amide bonds. The normalized spacial score (nSPS) is 10.5. The number of carbonyl (C=O) groups excluding carboxylic acids is 1. The summed E-state index contributed by atoms with van der Waals surface area (Å²) in [7, 11) is 1.60. The van der Waals surface area contributed by atoms with Crippen LogP contribution in [-0.4, -0.2) is 32.7 Å². The number of hydrogen-bond acceptors (Lipinski definition) is 5. The molecule has 0 saturated carbocycles. The maximum absolute atomic E-state index is 11.9. The molecule has 0 aliphatic heterocycles. The van der Waals surface area contributed by atoms with Gasteiger partial charge in [-0.1, -0.05) is 6.07 Å². The lowest BCUT2D eigenvalue weighted by Gasteiger charge is -2.10. The fourth-order valence-corrected chi connectivity index (χ4v) is 2.56. The maximum atomic E-state index is 11.9. The number of rotatable bonds is 5. The van der Waals surface area contributed by atoms with Gasteiger partial charge in [0.1, 0.15) is 5.82 Å². The van der Waals surface area contributed by atoms with Crippen molar-refractivity contribution in [1.29, 1.82) is 0 Å². The Morgan fingerprint density at radius 3 is 2.68 bits per heavy atom. The molecule has 0 bridgehead atoms. The van der Waals surface area contributed by atoms with Gasteiger partial charge < -0.3 is 10.6 Å². The summed E-state index contributed by atoms with van der Waals surface area (Å²) in [6.07, 6.45) is 3.44. The van der Waals surface area contributed by atoms with Crippen LogP contribution in [0.15, 0.2) is 42.7 Å².